The lowest BCUT2D eigenvalue weighted by molar-refractivity contribution is 0.479. The maximum Gasteiger partial charge on any atom is 0.261 e. The van der Waals surface area contributed by atoms with Crippen LogP contribution in [0.1, 0.15) is 0 Å². The lowest BCUT2D eigenvalue weighted by Gasteiger charge is -2.09. The molecule has 0 bridgehead atoms. The fourth-order valence-corrected chi connectivity index (χ4v) is 2.80. The van der Waals surface area contributed by atoms with E-state index in [0.29, 0.717) is 5.75 Å². The van der Waals surface area contributed by atoms with Gasteiger partial charge in [-0.05, 0) is 52.3 Å². The molecular weight excluding hydrogens is 394 g/mol. The van der Waals surface area contributed by atoms with Crippen LogP contribution in [0.2, 0.25) is 5.02 Å². The van der Waals surface area contributed by atoms with Gasteiger partial charge in [-0.3, -0.25) is 0 Å². The molecule has 0 saturated carbocycles. The Bertz CT molecular complexity index is 765. The molecule has 0 atom stereocenters. The van der Waals surface area contributed by atoms with Crippen molar-refractivity contribution in [2.45, 2.75) is 4.90 Å². The summed E-state index contributed by atoms with van der Waals surface area (Å²) in [7, 11) is 1.35. The van der Waals surface area contributed by atoms with Gasteiger partial charge >= 0.3 is 0 Å². The first kappa shape index (κ1) is 15.6. The van der Waals surface area contributed by atoms with Gasteiger partial charge in [-0.2, -0.15) is 0 Å². The van der Waals surface area contributed by atoms with Crippen molar-refractivity contribution in [3.63, 3.8) is 0 Å². The Kier molecular flexibility index (Phi) is 4.59. The Balaban J connectivity index is 2.32. The van der Waals surface area contributed by atoms with Crippen LogP contribution in [0.5, 0.6) is 11.5 Å². The normalized spacial score (nSPS) is 11.4. The average Bonchev–Trinajstić information content (AvgIpc) is 2.35. The van der Waals surface area contributed by atoms with E-state index in [9.17, 15) is 12.8 Å². The van der Waals surface area contributed by atoms with Crippen LogP contribution in [0, 0.1) is 5.82 Å². The molecular formula is C12H6BrCl2FO3S. The largest absolute Gasteiger partial charge is 0.456 e. The van der Waals surface area contributed by atoms with Gasteiger partial charge in [0.1, 0.15) is 17.3 Å². The van der Waals surface area contributed by atoms with Crippen LogP contribution in [-0.2, 0) is 9.05 Å². The molecule has 2 aromatic rings. The monoisotopic (exact) mass is 398 g/mol. The Morgan fingerprint density at radius 1 is 1.15 bits per heavy atom. The topological polar surface area (TPSA) is 43.4 Å². The molecule has 106 valence electrons. The van der Waals surface area contributed by atoms with Crippen LogP contribution in [0.4, 0.5) is 4.39 Å². The minimum absolute atomic E-state index is 0.0761. The molecule has 8 heteroatoms. The van der Waals surface area contributed by atoms with Crippen molar-refractivity contribution < 1.29 is 17.5 Å². The third-order valence-electron chi connectivity index (χ3n) is 2.30. The number of benzene rings is 2. The van der Waals surface area contributed by atoms with Gasteiger partial charge in [-0.15, -0.1) is 0 Å². The molecule has 3 nitrogen and oxygen atoms in total. The molecule has 2 aromatic carbocycles. The summed E-state index contributed by atoms with van der Waals surface area (Å²) in [6, 6.07) is 7.89. The number of halogens is 4. The SMILES string of the molecule is O=S(=O)(Cl)c1ccc(Oc2ccc(F)c(Br)c2)c(Cl)c1. The number of hydrogen-bond donors (Lipinski definition) is 0. The second kappa shape index (κ2) is 5.89. The number of ether oxygens (including phenoxy) is 1. The van der Waals surface area contributed by atoms with E-state index < -0.39 is 14.9 Å². The maximum absolute atomic E-state index is 13.1. The highest BCUT2D eigenvalue weighted by Gasteiger charge is 2.13. The van der Waals surface area contributed by atoms with Gasteiger partial charge < -0.3 is 4.74 Å². The fourth-order valence-electron chi connectivity index (χ4n) is 1.38. The van der Waals surface area contributed by atoms with Crippen molar-refractivity contribution in [3.05, 3.63) is 51.7 Å². The number of hydrogen-bond acceptors (Lipinski definition) is 3. The highest BCUT2D eigenvalue weighted by Crippen LogP contribution is 2.33. The summed E-state index contributed by atoms with van der Waals surface area (Å²) < 4.78 is 41.1. The summed E-state index contributed by atoms with van der Waals surface area (Å²) >= 11 is 8.95. The van der Waals surface area contributed by atoms with E-state index >= 15 is 0 Å². The second-order valence-corrected chi connectivity index (χ2v) is 7.54. The fraction of sp³-hybridized carbons (Fsp3) is 0. The lowest BCUT2D eigenvalue weighted by Crippen LogP contribution is -1.92. The zero-order valence-electron chi connectivity index (χ0n) is 9.61. The summed E-state index contributed by atoms with van der Waals surface area (Å²) in [5.41, 5.74) is 0. The molecule has 0 amide bonds. The summed E-state index contributed by atoms with van der Waals surface area (Å²) in [6.07, 6.45) is 0. The first-order valence-corrected chi connectivity index (χ1v) is 8.62. The Morgan fingerprint density at radius 3 is 2.40 bits per heavy atom. The molecule has 0 aliphatic carbocycles. The van der Waals surface area contributed by atoms with Gasteiger partial charge in [0, 0.05) is 10.7 Å². The highest BCUT2D eigenvalue weighted by atomic mass is 79.9. The zero-order chi connectivity index (χ0) is 14.9. The van der Waals surface area contributed by atoms with E-state index in [2.05, 4.69) is 15.9 Å². The van der Waals surface area contributed by atoms with E-state index in [1.54, 1.807) is 0 Å². The van der Waals surface area contributed by atoms with Crippen molar-refractivity contribution >= 4 is 47.3 Å². The molecule has 0 fully saturated rings. The molecule has 0 aliphatic rings. The Morgan fingerprint density at radius 2 is 1.85 bits per heavy atom. The highest BCUT2D eigenvalue weighted by molar-refractivity contribution is 9.10. The predicted molar refractivity (Wildman–Crippen MR) is 78.7 cm³/mol. The third-order valence-corrected chi connectivity index (χ3v) is 4.56. The maximum atomic E-state index is 13.1. The van der Waals surface area contributed by atoms with Crippen LogP contribution in [0.3, 0.4) is 0 Å². The first-order valence-electron chi connectivity index (χ1n) is 5.14. The smallest absolute Gasteiger partial charge is 0.261 e. The van der Waals surface area contributed by atoms with E-state index in [-0.39, 0.29) is 20.1 Å². The standard InChI is InChI=1S/C12H6BrCl2FO3S/c13-9-5-7(1-3-11(9)16)19-12-4-2-8(6-10(12)14)20(15,17)18/h1-6H. The minimum Gasteiger partial charge on any atom is -0.456 e. The van der Waals surface area contributed by atoms with Gasteiger partial charge in [0.2, 0.25) is 0 Å². The second-order valence-electron chi connectivity index (χ2n) is 3.71. The Labute approximate surface area is 132 Å². The van der Waals surface area contributed by atoms with E-state index in [0.717, 1.165) is 0 Å². The predicted octanol–water partition coefficient (Wildman–Crippen LogP) is 4.96. The molecule has 0 aromatic heterocycles. The van der Waals surface area contributed by atoms with Gasteiger partial charge in [0.05, 0.1) is 14.4 Å². The average molecular weight is 400 g/mol. The van der Waals surface area contributed by atoms with Crippen LogP contribution in [0.15, 0.2) is 45.8 Å². The Hall–Kier alpha value is -0.820. The van der Waals surface area contributed by atoms with Gasteiger partial charge in [-0.1, -0.05) is 11.6 Å². The van der Waals surface area contributed by atoms with Crippen molar-refractivity contribution in [1.82, 2.24) is 0 Å². The molecule has 0 heterocycles. The first-order chi connectivity index (χ1) is 9.27. The summed E-state index contributed by atoms with van der Waals surface area (Å²) in [6.45, 7) is 0. The van der Waals surface area contributed by atoms with Gasteiger partial charge in [0.15, 0.2) is 0 Å². The van der Waals surface area contributed by atoms with E-state index in [4.69, 9.17) is 27.0 Å². The van der Waals surface area contributed by atoms with Gasteiger partial charge in [0.25, 0.3) is 9.05 Å². The molecule has 0 saturated heterocycles. The minimum atomic E-state index is -3.85. The summed E-state index contributed by atoms with van der Waals surface area (Å²) in [5.74, 6) is 0.155. The molecule has 2 rings (SSSR count). The van der Waals surface area contributed by atoms with Crippen molar-refractivity contribution in [1.29, 1.82) is 0 Å². The molecule has 0 N–H and O–H groups in total. The third kappa shape index (κ3) is 3.63. The van der Waals surface area contributed by atoms with E-state index in [1.165, 1.54) is 36.4 Å². The van der Waals surface area contributed by atoms with Crippen LogP contribution in [0.25, 0.3) is 0 Å². The van der Waals surface area contributed by atoms with Crippen molar-refractivity contribution in [2.75, 3.05) is 0 Å². The van der Waals surface area contributed by atoms with Crippen molar-refractivity contribution in [2.24, 2.45) is 0 Å². The van der Waals surface area contributed by atoms with Crippen molar-refractivity contribution in [3.8, 4) is 11.5 Å². The summed E-state index contributed by atoms with van der Waals surface area (Å²) in [5, 5.41) is 0.0761. The van der Waals surface area contributed by atoms with Gasteiger partial charge in [-0.25, -0.2) is 12.8 Å². The molecule has 0 aliphatic heterocycles. The summed E-state index contributed by atoms with van der Waals surface area (Å²) in [4.78, 5) is -0.128. The molecule has 0 unspecified atom stereocenters. The van der Waals surface area contributed by atoms with Crippen LogP contribution in [-0.4, -0.2) is 8.42 Å². The molecule has 0 spiro atoms. The van der Waals surface area contributed by atoms with Crippen LogP contribution >= 0.6 is 38.2 Å². The number of rotatable bonds is 3. The zero-order valence-corrected chi connectivity index (χ0v) is 13.5. The quantitative estimate of drug-likeness (QED) is 0.685. The van der Waals surface area contributed by atoms with Crippen LogP contribution < -0.4 is 4.74 Å². The molecule has 0 radical (unpaired) electrons. The molecule has 20 heavy (non-hydrogen) atoms. The lowest BCUT2D eigenvalue weighted by atomic mass is 10.3. The van der Waals surface area contributed by atoms with E-state index in [1.807, 2.05) is 0 Å².